The van der Waals surface area contributed by atoms with Gasteiger partial charge in [0.2, 0.25) is 5.91 Å². The lowest BCUT2D eigenvalue weighted by molar-refractivity contribution is -0.121. The Labute approximate surface area is 139 Å². The smallest absolute Gasteiger partial charge is 0.223 e. The van der Waals surface area contributed by atoms with Gasteiger partial charge in [0, 0.05) is 11.0 Å². The Kier molecular flexibility index (Phi) is 6.97. The highest BCUT2D eigenvalue weighted by atomic mass is 79.9. The first-order chi connectivity index (χ1) is 10.7. The van der Waals surface area contributed by atoms with Crippen molar-refractivity contribution in [2.75, 3.05) is 13.2 Å². The molecule has 0 aliphatic carbocycles. The van der Waals surface area contributed by atoms with Crippen LogP contribution in [0.2, 0.25) is 0 Å². The van der Waals surface area contributed by atoms with Crippen LogP contribution < -0.4 is 10.1 Å². The number of nitrogens with one attached hydrogen (secondary N) is 1. The topological polar surface area (TPSA) is 38.3 Å². The number of hydrogen-bond donors (Lipinski definition) is 1. The molecular weight excluding hydrogens is 342 g/mol. The second kappa shape index (κ2) is 9.26. The van der Waals surface area contributed by atoms with E-state index in [0.717, 1.165) is 23.1 Å². The molecular formula is C18H20BrNO2. The minimum Gasteiger partial charge on any atom is -0.493 e. The van der Waals surface area contributed by atoms with Crippen molar-refractivity contribution in [2.24, 2.45) is 0 Å². The summed E-state index contributed by atoms with van der Waals surface area (Å²) in [4.78, 5) is 11.7. The predicted octanol–water partition coefficient (Wildman–Crippen LogP) is 3.97. The third-order valence-electron chi connectivity index (χ3n) is 3.20. The number of hydrogen-bond acceptors (Lipinski definition) is 2. The Morgan fingerprint density at radius 2 is 1.91 bits per heavy atom. The average molecular weight is 362 g/mol. The zero-order valence-electron chi connectivity index (χ0n) is 12.4. The molecule has 0 heterocycles. The van der Waals surface area contributed by atoms with E-state index in [1.807, 2.05) is 42.5 Å². The van der Waals surface area contributed by atoms with E-state index in [9.17, 15) is 4.79 Å². The summed E-state index contributed by atoms with van der Waals surface area (Å²) in [5.74, 6) is 0.800. The van der Waals surface area contributed by atoms with Crippen molar-refractivity contribution in [3.8, 4) is 5.75 Å². The van der Waals surface area contributed by atoms with E-state index in [4.69, 9.17) is 4.74 Å². The van der Waals surface area contributed by atoms with Gasteiger partial charge in [-0.15, -0.1) is 0 Å². The van der Waals surface area contributed by atoms with Gasteiger partial charge in [-0.05, 0) is 36.6 Å². The summed E-state index contributed by atoms with van der Waals surface area (Å²) >= 11 is 3.39. The molecule has 116 valence electrons. The summed E-state index contributed by atoms with van der Waals surface area (Å²) in [5.41, 5.74) is 1.30. The fourth-order valence-electron chi connectivity index (χ4n) is 2.07. The number of ether oxygens (including phenoxy) is 1. The molecule has 2 aromatic rings. The van der Waals surface area contributed by atoms with Crippen LogP contribution in [0.3, 0.4) is 0 Å². The van der Waals surface area contributed by atoms with E-state index >= 15 is 0 Å². The van der Waals surface area contributed by atoms with Crippen LogP contribution >= 0.6 is 15.9 Å². The lowest BCUT2D eigenvalue weighted by Gasteiger charge is -2.07. The summed E-state index contributed by atoms with van der Waals surface area (Å²) in [6, 6.07) is 17.9. The van der Waals surface area contributed by atoms with Crippen LogP contribution in [0.25, 0.3) is 0 Å². The van der Waals surface area contributed by atoms with Crippen molar-refractivity contribution in [3.63, 3.8) is 0 Å². The highest BCUT2D eigenvalue weighted by molar-refractivity contribution is 9.10. The number of carbonyl (C=O) groups excluding carboxylic acids is 1. The molecule has 0 saturated carbocycles. The number of carbonyl (C=O) groups is 1. The first-order valence-electron chi connectivity index (χ1n) is 7.43. The maximum Gasteiger partial charge on any atom is 0.223 e. The second-order valence-corrected chi connectivity index (χ2v) is 5.91. The molecule has 2 aromatic carbocycles. The van der Waals surface area contributed by atoms with Gasteiger partial charge in [-0.3, -0.25) is 4.79 Å². The van der Waals surface area contributed by atoms with Crippen LogP contribution in [0.4, 0.5) is 0 Å². The standard InChI is InChI=1S/C18H20BrNO2/c19-16-9-4-10-17(14-16)22-13-11-18(21)20-12-5-8-15-6-2-1-3-7-15/h1-4,6-7,9-10,14H,5,8,11-13H2,(H,20,21). The second-order valence-electron chi connectivity index (χ2n) is 4.99. The van der Waals surface area contributed by atoms with Gasteiger partial charge in [-0.2, -0.15) is 0 Å². The summed E-state index contributed by atoms with van der Waals surface area (Å²) in [5, 5.41) is 2.92. The molecule has 0 atom stereocenters. The normalized spacial score (nSPS) is 10.2. The van der Waals surface area contributed by atoms with Gasteiger partial charge in [-0.1, -0.05) is 52.3 Å². The Bertz CT molecular complexity index is 587. The molecule has 0 saturated heterocycles. The van der Waals surface area contributed by atoms with Crippen molar-refractivity contribution in [1.29, 1.82) is 0 Å². The Balaban J connectivity index is 1.56. The highest BCUT2D eigenvalue weighted by Crippen LogP contribution is 2.17. The van der Waals surface area contributed by atoms with Crippen LogP contribution in [0.5, 0.6) is 5.75 Å². The van der Waals surface area contributed by atoms with Crippen molar-refractivity contribution in [2.45, 2.75) is 19.3 Å². The van der Waals surface area contributed by atoms with E-state index in [1.165, 1.54) is 5.56 Å². The minimum absolute atomic E-state index is 0.0306. The molecule has 0 spiro atoms. The van der Waals surface area contributed by atoms with Gasteiger partial charge in [0.05, 0.1) is 13.0 Å². The van der Waals surface area contributed by atoms with Gasteiger partial charge in [-0.25, -0.2) is 0 Å². The molecule has 1 amide bonds. The first kappa shape index (κ1) is 16.6. The Hall–Kier alpha value is -1.81. The molecule has 0 fully saturated rings. The molecule has 0 unspecified atom stereocenters. The fraction of sp³-hybridized carbons (Fsp3) is 0.278. The van der Waals surface area contributed by atoms with Gasteiger partial charge in [0.15, 0.2) is 0 Å². The van der Waals surface area contributed by atoms with Crippen molar-refractivity contribution < 1.29 is 9.53 Å². The predicted molar refractivity (Wildman–Crippen MR) is 92.0 cm³/mol. The molecule has 0 aliphatic rings. The van der Waals surface area contributed by atoms with Gasteiger partial charge in [0.25, 0.3) is 0 Å². The summed E-state index contributed by atoms with van der Waals surface area (Å²) < 4.78 is 6.51. The SMILES string of the molecule is O=C(CCOc1cccc(Br)c1)NCCCc1ccccc1. The van der Waals surface area contributed by atoms with Crippen molar-refractivity contribution in [1.82, 2.24) is 5.32 Å². The molecule has 0 aromatic heterocycles. The zero-order chi connectivity index (χ0) is 15.6. The fourth-order valence-corrected chi connectivity index (χ4v) is 2.45. The quantitative estimate of drug-likeness (QED) is 0.722. The Morgan fingerprint density at radius 3 is 2.68 bits per heavy atom. The molecule has 0 aliphatic heterocycles. The van der Waals surface area contributed by atoms with Crippen LogP contribution in [0.1, 0.15) is 18.4 Å². The van der Waals surface area contributed by atoms with E-state index in [0.29, 0.717) is 19.6 Å². The van der Waals surface area contributed by atoms with Gasteiger partial charge >= 0.3 is 0 Å². The van der Waals surface area contributed by atoms with Crippen molar-refractivity contribution >= 4 is 21.8 Å². The van der Waals surface area contributed by atoms with Crippen LogP contribution in [0.15, 0.2) is 59.1 Å². The molecule has 3 nitrogen and oxygen atoms in total. The third kappa shape index (κ3) is 6.31. The lowest BCUT2D eigenvalue weighted by atomic mass is 10.1. The Morgan fingerprint density at radius 1 is 1.09 bits per heavy atom. The maximum atomic E-state index is 11.7. The molecule has 2 rings (SSSR count). The zero-order valence-corrected chi connectivity index (χ0v) is 14.0. The molecule has 4 heteroatoms. The summed E-state index contributed by atoms with van der Waals surface area (Å²) in [6.07, 6.45) is 2.30. The summed E-state index contributed by atoms with van der Waals surface area (Å²) in [7, 11) is 0. The van der Waals surface area contributed by atoms with Crippen LogP contribution in [-0.4, -0.2) is 19.1 Å². The minimum atomic E-state index is 0.0306. The van der Waals surface area contributed by atoms with Crippen molar-refractivity contribution in [3.05, 3.63) is 64.6 Å². The molecule has 1 N–H and O–H groups in total. The number of amides is 1. The molecule has 0 radical (unpaired) electrons. The lowest BCUT2D eigenvalue weighted by Crippen LogP contribution is -2.26. The van der Waals surface area contributed by atoms with Gasteiger partial charge < -0.3 is 10.1 Å². The van der Waals surface area contributed by atoms with Crippen LogP contribution in [-0.2, 0) is 11.2 Å². The molecule has 22 heavy (non-hydrogen) atoms. The van der Waals surface area contributed by atoms with E-state index in [2.05, 4.69) is 33.4 Å². The van der Waals surface area contributed by atoms with Crippen LogP contribution in [0, 0.1) is 0 Å². The third-order valence-corrected chi connectivity index (χ3v) is 3.69. The number of benzene rings is 2. The average Bonchev–Trinajstić information content (AvgIpc) is 2.53. The van der Waals surface area contributed by atoms with E-state index in [1.54, 1.807) is 0 Å². The number of aryl methyl sites for hydroxylation is 1. The summed E-state index contributed by atoms with van der Waals surface area (Å²) in [6.45, 7) is 1.09. The van der Waals surface area contributed by atoms with Gasteiger partial charge in [0.1, 0.15) is 5.75 Å². The van der Waals surface area contributed by atoms with E-state index < -0.39 is 0 Å². The highest BCUT2D eigenvalue weighted by Gasteiger charge is 2.02. The largest absolute Gasteiger partial charge is 0.493 e. The number of rotatable bonds is 8. The number of halogens is 1. The monoisotopic (exact) mass is 361 g/mol. The van der Waals surface area contributed by atoms with E-state index in [-0.39, 0.29) is 5.91 Å². The maximum absolute atomic E-state index is 11.7. The first-order valence-corrected chi connectivity index (χ1v) is 8.22. The molecule has 0 bridgehead atoms.